The molecule has 1 aliphatic rings. The smallest absolute Gasteiger partial charge is 0.245 e. The van der Waals surface area contributed by atoms with E-state index in [1.165, 1.54) is 13.0 Å². The fourth-order valence-corrected chi connectivity index (χ4v) is 4.84. The summed E-state index contributed by atoms with van der Waals surface area (Å²) in [5, 5.41) is -0.434. The molecule has 4 nitrogen and oxygen atoms in total. The van der Waals surface area contributed by atoms with Crippen molar-refractivity contribution in [1.82, 2.24) is 0 Å². The molecular weight excluding hydrogens is 381 g/mol. The monoisotopic (exact) mass is 397 g/mol. The fraction of sp³-hybridized carbons (Fsp3) is 0.278. The van der Waals surface area contributed by atoms with E-state index >= 15 is 0 Å². The highest BCUT2D eigenvalue weighted by atomic mass is 35.5. The number of amides is 1. The number of rotatable bonds is 4. The van der Waals surface area contributed by atoms with Crippen LogP contribution in [0.1, 0.15) is 18.1 Å². The van der Waals surface area contributed by atoms with E-state index in [2.05, 4.69) is 0 Å². The molecule has 1 amide bonds. The molecule has 1 unspecified atom stereocenters. The van der Waals surface area contributed by atoms with Crippen molar-refractivity contribution in [2.45, 2.75) is 24.3 Å². The van der Waals surface area contributed by atoms with Crippen LogP contribution in [0.15, 0.2) is 42.5 Å². The quantitative estimate of drug-likeness (QED) is 0.786. The first-order valence-electron chi connectivity index (χ1n) is 7.84. The molecule has 2 aromatic rings. The molecule has 0 saturated heterocycles. The minimum Gasteiger partial charge on any atom is -0.311 e. The maximum atomic E-state index is 12.8. The average molecular weight is 398 g/mol. The highest BCUT2D eigenvalue weighted by molar-refractivity contribution is 7.92. The Bertz CT molecular complexity index is 928. The van der Waals surface area contributed by atoms with E-state index in [0.717, 1.165) is 17.7 Å². The molecule has 0 saturated carbocycles. The summed E-state index contributed by atoms with van der Waals surface area (Å²) in [6.45, 7) is 1.93. The first-order valence-corrected chi connectivity index (χ1v) is 10.3. The second kappa shape index (κ2) is 6.98. The van der Waals surface area contributed by atoms with Gasteiger partial charge in [-0.3, -0.25) is 4.79 Å². The molecule has 3 rings (SSSR count). The van der Waals surface area contributed by atoms with Crippen LogP contribution in [-0.2, 0) is 26.8 Å². The van der Waals surface area contributed by atoms with Gasteiger partial charge in [0.15, 0.2) is 9.84 Å². The summed E-state index contributed by atoms with van der Waals surface area (Å²) < 4.78 is 25.4. The Hall–Kier alpha value is -1.56. The van der Waals surface area contributed by atoms with Gasteiger partial charge in [-0.05, 0) is 42.7 Å². The van der Waals surface area contributed by atoms with Gasteiger partial charge in [0.1, 0.15) is 5.25 Å². The van der Waals surface area contributed by atoms with Gasteiger partial charge >= 0.3 is 0 Å². The van der Waals surface area contributed by atoms with E-state index in [0.29, 0.717) is 17.1 Å². The molecule has 132 valence electrons. The Morgan fingerprint density at radius 1 is 1.20 bits per heavy atom. The van der Waals surface area contributed by atoms with Crippen LogP contribution < -0.4 is 4.90 Å². The van der Waals surface area contributed by atoms with E-state index in [-0.39, 0.29) is 10.8 Å². The van der Waals surface area contributed by atoms with Crippen LogP contribution in [0, 0.1) is 0 Å². The van der Waals surface area contributed by atoms with Gasteiger partial charge in [0.05, 0.1) is 5.75 Å². The van der Waals surface area contributed by atoms with Gasteiger partial charge in [0.25, 0.3) is 0 Å². The van der Waals surface area contributed by atoms with Crippen LogP contribution in [0.3, 0.4) is 0 Å². The minimum atomic E-state index is -3.71. The van der Waals surface area contributed by atoms with Crippen molar-refractivity contribution < 1.29 is 13.2 Å². The lowest BCUT2D eigenvalue weighted by atomic mass is 10.2. The lowest BCUT2D eigenvalue weighted by Gasteiger charge is -2.22. The molecule has 0 aromatic heterocycles. The molecule has 0 bridgehead atoms. The maximum Gasteiger partial charge on any atom is 0.245 e. The first kappa shape index (κ1) is 18.2. The number of carbonyl (C=O) groups excluding carboxylic acids is 1. The van der Waals surface area contributed by atoms with Crippen molar-refractivity contribution in [3.63, 3.8) is 0 Å². The summed E-state index contributed by atoms with van der Waals surface area (Å²) in [7, 11) is -3.71. The first-order chi connectivity index (χ1) is 11.8. The Morgan fingerprint density at radius 2 is 1.92 bits per heavy atom. The van der Waals surface area contributed by atoms with Crippen LogP contribution in [0.4, 0.5) is 5.69 Å². The minimum absolute atomic E-state index is 0.280. The number of benzene rings is 2. The summed E-state index contributed by atoms with van der Waals surface area (Å²) >= 11 is 11.9. The normalized spacial score (nSPS) is 15.1. The van der Waals surface area contributed by atoms with Crippen LogP contribution in [0.5, 0.6) is 0 Å². The Labute approximate surface area is 157 Å². The molecule has 0 aliphatic carbocycles. The van der Waals surface area contributed by atoms with E-state index < -0.39 is 21.0 Å². The Balaban J connectivity index is 1.82. The number of para-hydroxylation sites is 1. The molecule has 0 spiro atoms. The summed E-state index contributed by atoms with van der Waals surface area (Å²) in [4.78, 5) is 14.3. The topological polar surface area (TPSA) is 54.5 Å². The van der Waals surface area contributed by atoms with Gasteiger partial charge in [0.2, 0.25) is 5.91 Å². The molecule has 0 N–H and O–H groups in total. The van der Waals surface area contributed by atoms with Gasteiger partial charge in [-0.15, -0.1) is 0 Å². The largest absolute Gasteiger partial charge is 0.311 e. The summed E-state index contributed by atoms with van der Waals surface area (Å²) in [5.41, 5.74) is 2.29. The van der Waals surface area contributed by atoms with Crippen molar-refractivity contribution >= 4 is 44.6 Å². The summed E-state index contributed by atoms with van der Waals surface area (Å²) in [5.74, 6) is -0.708. The van der Waals surface area contributed by atoms with E-state index in [9.17, 15) is 13.2 Å². The zero-order chi connectivity index (χ0) is 18.2. The Kier molecular flexibility index (Phi) is 5.09. The second-order valence-corrected chi connectivity index (χ2v) is 9.22. The SMILES string of the molecule is CC(C(=O)N1CCc2ccccc21)S(=O)(=O)Cc1ccc(Cl)cc1Cl. The lowest BCUT2D eigenvalue weighted by molar-refractivity contribution is -0.117. The summed E-state index contributed by atoms with van der Waals surface area (Å²) in [6.07, 6.45) is 0.734. The number of sulfone groups is 1. The highest BCUT2D eigenvalue weighted by Crippen LogP contribution is 2.30. The lowest BCUT2D eigenvalue weighted by Crippen LogP contribution is -2.41. The van der Waals surface area contributed by atoms with Gasteiger partial charge < -0.3 is 4.90 Å². The van der Waals surface area contributed by atoms with Gasteiger partial charge in [-0.2, -0.15) is 0 Å². The molecule has 0 radical (unpaired) electrons. The zero-order valence-corrected chi connectivity index (χ0v) is 15.9. The van der Waals surface area contributed by atoms with Crippen molar-refractivity contribution in [2.24, 2.45) is 0 Å². The number of fused-ring (bicyclic) bond motifs is 1. The van der Waals surface area contributed by atoms with E-state index in [1.807, 2.05) is 24.3 Å². The number of halogens is 2. The number of nitrogens with zero attached hydrogens (tertiary/aromatic N) is 1. The molecule has 1 heterocycles. The van der Waals surface area contributed by atoms with Gasteiger partial charge in [0, 0.05) is 22.3 Å². The van der Waals surface area contributed by atoms with Gasteiger partial charge in [-0.25, -0.2) is 8.42 Å². The van der Waals surface area contributed by atoms with Crippen molar-refractivity contribution in [1.29, 1.82) is 0 Å². The molecule has 2 aromatic carbocycles. The molecule has 7 heteroatoms. The molecule has 0 fully saturated rings. The average Bonchev–Trinajstić information content (AvgIpc) is 3.00. The molecule has 1 atom stereocenters. The molecular formula is C18H17Cl2NO3S. The third-order valence-corrected chi connectivity index (χ3v) is 6.99. The van der Waals surface area contributed by atoms with E-state index in [4.69, 9.17) is 23.2 Å². The van der Waals surface area contributed by atoms with Crippen LogP contribution in [0.25, 0.3) is 0 Å². The third-order valence-electron chi connectivity index (χ3n) is 4.41. The predicted molar refractivity (Wildman–Crippen MR) is 101 cm³/mol. The highest BCUT2D eigenvalue weighted by Gasteiger charge is 2.35. The van der Waals surface area contributed by atoms with E-state index in [1.54, 1.807) is 17.0 Å². The number of hydrogen-bond acceptors (Lipinski definition) is 3. The molecule has 25 heavy (non-hydrogen) atoms. The fourth-order valence-electron chi connectivity index (χ4n) is 2.92. The predicted octanol–water partition coefficient (Wildman–Crippen LogP) is 3.89. The Morgan fingerprint density at radius 3 is 2.64 bits per heavy atom. The van der Waals surface area contributed by atoms with Crippen molar-refractivity contribution in [2.75, 3.05) is 11.4 Å². The third kappa shape index (κ3) is 3.68. The van der Waals surface area contributed by atoms with Crippen molar-refractivity contribution in [3.05, 3.63) is 63.6 Å². The second-order valence-electron chi connectivity index (χ2n) is 6.05. The van der Waals surface area contributed by atoms with Crippen LogP contribution in [0.2, 0.25) is 10.0 Å². The van der Waals surface area contributed by atoms with Crippen molar-refractivity contribution in [3.8, 4) is 0 Å². The number of hydrogen-bond donors (Lipinski definition) is 0. The number of anilines is 1. The maximum absolute atomic E-state index is 12.8. The van der Waals surface area contributed by atoms with Gasteiger partial charge in [-0.1, -0.05) is 47.5 Å². The summed E-state index contributed by atoms with van der Waals surface area (Å²) in [6, 6.07) is 12.2. The van der Waals surface area contributed by atoms with Crippen LogP contribution >= 0.6 is 23.2 Å². The zero-order valence-electron chi connectivity index (χ0n) is 13.6. The van der Waals surface area contributed by atoms with Crippen LogP contribution in [-0.4, -0.2) is 26.1 Å². The standard InChI is InChI=1S/C18H17Cl2NO3S/c1-12(18(22)21-9-8-13-4-2-3-5-17(13)21)25(23,24)11-14-6-7-15(19)10-16(14)20/h2-7,10,12H,8-9,11H2,1H3. The molecule has 1 aliphatic heterocycles. The number of carbonyl (C=O) groups is 1.